The third kappa shape index (κ3) is 3.31. The Hall–Kier alpha value is -1.85. The molecule has 0 saturated carbocycles. The fourth-order valence-corrected chi connectivity index (χ4v) is 3.35. The van der Waals surface area contributed by atoms with Crippen molar-refractivity contribution < 1.29 is 9.53 Å². The number of carbonyl (C=O) groups excluding carboxylic acids is 1. The molecule has 2 fully saturated rings. The normalized spacial score (nSPS) is 22.5. The summed E-state index contributed by atoms with van der Waals surface area (Å²) >= 11 is 0. The molecule has 0 amide bonds. The second-order valence-corrected chi connectivity index (χ2v) is 6.09. The fourth-order valence-electron chi connectivity index (χ4n) is 3.35. The van der Waals surface area contributed by atoms with Crippen LogP contribution in [-0.4, -0.2) is 49.2 Å². The number of ether oxygens (including phenoxy) is 1. The van der Waals surface area contributed by atoms with E-state index in [1.165, 1.54) is 26.4 Å². The Balaban J connectivity index is 1.72. The molecular formula is C16H24N4O2. The number of anilines is 2. The maximum absolute atomic E-state index is 11.8. The molecule has 0 unspecified atom stereocenters. The molecule has 6 nitrogen and oxygen atoms in total. The van der Waals surface area contributed by atoms with E-state index in [4.69, 9.17) is 4.74 Å². The van der Waals surface area contributed by atoms with Crippen molar-refractivity contribution in [1.29, 1.82) is 0 Å². The molecule has 0 spiro atoms. The lowest BCUT2D eigenvalue weighted by Gasteiger charge is -2.33. The maximum Gasteiger partial charge on any atom is 0.310 e. The summed E-state index contributed by atoms with van der Waals surface area (Å²) < 4.78 is 4.89. The van der Waals surface area contributed by atoms with Crippen LogP contribution in [0.5, 0.6) is 0 Å². The molecule has 2 aliphatic rings. The minimum absolute atomic E-state index is 0.0489. The SMILES string of the molecule is COC(=O)[C@H]1CCCN(c2cc(N3CCCCC3)ncn2)C1. The molecule has 6 heteroatoms. The van der Waals surface area contributed by atoms with Crippen LogP contribution in [0.3, 0.4) is 0 Å². The Morgan fingerprint density at radius 1 is 1.09 bits per heavy atom. The molecule has 1 atom stereocenters. The van der Waals surface area contributed by atoms with Gasteiger partial charge in [0.1, 0.15) is 18.0 Å². The van der Waals surface area contributed by atoms with Gasteiger partial charge in [0.15, 0.2) is 0 Å². The van der Waals surface area contributed by atoms with Crippen molar-refractivity contribution in [1.82, 2.24) is 9.97 Å². The van der Waals surface area contributed by atoms with E-state index in [1.54, 1.807) is 6.33 Å². The number of esters is 1. The van der Waals surface area contributed by atoms with Gasteiger partial charge in [-0.05, 0) is 32.1 Å². The number of hydrogen-bond donors (Lipinski definition) is 0. The summed E-state index contributed by atoms with van der Waals surface area (Å²) in [7, 11) is 1.46. The van der Waals surface area contributed by atoms with E-state index < -0.39 is 0 Å². The smallest absolute Gasteiger partial charge is 0.310 e. The lowest BCUT2D eigenvalue weighted by atomic mass is 9.98. The Kier molecular flexibility index (Phi) is 4.75. The molecule has 0 N–H and O–H groups in total. The highest BCUT2D eigenvalue weighted by Gasteiger charge is 2.27. The summed E-state index contributed by atoms with van der Waals surface area (Å²) in [5.74, 6) is 1.76. The van der Waals surface area contributed by atoms with Gasteiger partial charge in [0.05, 0.1) is 13.0 Å². The quantitative estimate of drug-likeness (QED) is 0.794. The van der Waals surface area contributed by atoms with Crippen molar-refractivity contribution >= 4 is 17.6 Å². The minimum Gasteiger partial charge on any atom is -0.469 e. The Morgan fingerprint density at radius 2 is 1.77 bits per heavy atom. The van der Waals surface area contributed by atoms with Crippen molar-refractivity contribution in [3.63, 3.8) is 0 Å². The summed E-state index contributed by atoms with van der Waals surface area (Å²) in [6.07, 6.45) is 7.29. The van der Waals surface area contributed by atoms with Crippen LogP contribution in [0.25, 0.3) is 0 Å². The van der Waals surface area contributed by atoms with E-state index in [0.717, 1.165) is 44.1 Å². The summed E-state index contributed by atoms with van der Waals surface area (Å²) in [6, 6.07) is 2.06. The Bertz CT molecular complexity index is 517. The average molecular weight is 304 g/mol. The lowest BCUT2D eigenvalue weighted by molar-refractivity contribution is -0.145. The van der Waals surface area contributed by atoms with Gasteiger partial charge in [0.2, 0.25) is 0 Å². The van der Waals surface area contributed by atoms with Gasteiger partial charge in [-0.1, -0.05) is 0 Å². The van der Waals surface area contributed by atoms with Crippen LogP contribution >= 0.6 is 0 Å². The molecule has 3 rings (SSSR count). The second kappa shape index (κ2) is 6.94. The molecule has 0 bridgehead atoms. The van der Waals surface area contributed by atoms with Crippen LogP contribution in [0.1, 0.15) is 32.1 Å². The zero-order valence-electron chi connectivity index (χ0n) is 13.2. The molecule has 1 aromatic heterocycles. The molecule has 0 radical (unpaired) electrons. The van der Waals surface area contributed by atoms with Crippen molar-refractivity contribution in [2.45, 2.75) is 32.1 Å². The van der Waals surface area contributed by atoms with E-state index in [9.17, 15) is 4.79 Å². The molecule has 2 saturated heterocycles. The number of rotatable bonds is 3. The number of methoxy groups -OCH3 is 1. The number of carbonyl (C=O) groups is 1. The predicted octanol–water partition coefficient (Wildman–Crippen LogP) is 1.86. The lowest BCUT2D eigenvalue weighted by Crippen LogP contribution is -2.39. The highest BCUT2D eigenvalue weighted by molar-refractivity contribution is 5.73. The van der Waals surface area contributed by atoms with E-state index in [-0.39, 0.29) is 11.9 Å². The highest BCUT2D eigenvalue weighted by Crippen LogP contribution is 2.25. The third-order valence-electron chi connectivity index (χ3n) is 4.60. The maximum atomic E-state index is 11.8. The summed E-state index contributed by atoms with van der Waals surface area (Å²) in [4.78, 5) is 25.1. The van der Waals surface area contributed by atoms with Gasteiger partial charge < -0.3 is 14.5 Å². The van der Waals surface area contributed by atoms with Gasteiger partial charge >= 0.3 is 5.97 Å². The van der Waals surface area contributed by atoms with E-state index in [0.29, 0.717) is 6.54 Å². The molecule has 0 aliphatic carbocycles. The van der Waals surface area contributed by atoms with Crippen LogP contribution < -0.4 is 9.80 Å². The largest absolute Gasteiger partial charge is 0.469 e. The van der Waals surface area contributed by atoms with Crippen LogP contribution in [0.2, 0.25) is 0 Å². The molecular weight excluding hydrogens is 280 g/mol. The van der Waals surface area contributed by atoms with Crippen molar-refractivity contribution in [2.75, 3.05) is 43.1 Å². The van der Waals surface area contributed by atoms with Gasteiger partial charge in [-0.2, -0.15) is 0 Å². The molecule has 0 aromatic carbocycles. The monoisotopic (exact) mass is 304 g/mol. The van der Waals surface area contributed by atoms with Gasteiger partial charge in [-0.3, -0.25) is 4.79 Å². The summed E-state index contributed by atoms with van der Waals surface area (Å²) in [5.41, 5.74) is 0. The standard InChI is InChI=1S/C16H24N4O2/c1-22-16(21)13-6-5-9-20(11-13)15-10-14(17-12-18-15)19-7-3-2-4-8-19/h10,12-13H,2-9,11H2,1H3/t13-/m0/s1. The van der Waals surface area contributed by atoms with Crippen LogP contribution in [0, 0.1) is 5.92 Å². The number of nitrogens with zero attached hydrogens (tertiary/aromatic N) is 4. The Labute approximate surface area is 131 Å². The summed E-state index contributed by atoms with van der Waals surface area (Å²) in [5, 5.41) is 0. The topological polar surface area (TPSA) is 58.6 Å². The number of aromatic nitrogens is 2. The van der Waals surface area contributed by atoms with E-state index >= 15 is 0 Å². The van der Waals surface area contributed by atoms with Gasteiger partial charge in [0, 0.05) is 32.2 Å². The first-order valence-electron chi connectivity index (χ1n) is 8.17. The van der Waals surface area contributed by atoms with Crippen molar-refractivity contribution in [3.8, 4) is 0 Å². The first-order chi connectivity index (χ1) is 10.8. The zero-order chi connectivity index (χ0) is 15.4. The van der Waals surface area contributed by atoms with Crippen LogP contribution in [-0.2, 0) is 9.53 Å². The molecule has 22 heavy (non-hydrogen) atoms. The minimum atomic E-state index is -0.116. The zero-order valence-corrected chi connectivity index (χ0v) is 13.2. The van der Waals surface area contributed by atoms with E-state index in [2.05, 4.69) is 25.8 Å². The number of piperidine rings is 2. The second-order valence-electron chi connectivity index (χ2n) is 6.09. The molecule has 120 valence electrons. The summed E-state index contributed by atoms with van der Waals surface area (Å²) in [6.45, 7) is 3.76. The van der Waals surface area contributed by atoms with Crippen molar-refractivity contribution in [3.05, 3.63) is 12.4 Å². The van der Waals surface area contributed by atoms with Gasteiger partial charge in [-0.25, -0.2) is 9.97 Å². The predicted molar refractivity (Wildman–Crippen MR) is 85.0 cm³/mol. The first-order valence-corrected chi connectivity index (χ1v) is 8.17. The van der Waals surface area contributed by atoms with E-state index in [1.807, 2.05) is 0 Å². The fraction of sp³-hybridized carbons (Fsp3) is 0.688. The van der Waals surface area contributed by atoms with Crippen molar-refractivity contribution in [2.24, 2.45) is 5.92 Å². The Morgan fingerprint density at radius 3 is 2.50 bits per heavy atom. The number of hydrogen-bond acceptors (Lipinski definition) is 6. The van der Waals surface area contributed by atoms with Gasteiger partial charge in [0.25, 0.3) is 0 Å². The first kappa shape index (κ1) is 15.1. The van der Waals surface area contributed by atoms with Crippen LogP contribution in [0.15, 0.2) is 12.4 Å². The molecule has 1 aromatic rings. The highest BCUT2D eigenvalue weighted by atomic mass is 16.5. The third-order valence-corrected chi connectivity index (χ3v) is 4.60. The average Bonchev–Trinajstić information content (AvgIpc) is 2.62. The van der Waals surface area contributed by atoms with Crippen LogP contribution in [0.4, 0.5) is 11.6 Å². The van der Waals surface area contributed by atoms with Gasteiger partial charge in [-0.15, -0.1) is 0 Å². The molecule has 3 heterocycles. The molecule has 2 aliphatic heterocycles.